The molecule has 0 bridgehead atoms. The fraction of sp³-hybridized carbons (Fsp3) is 0.278. The summed E-state index contributed by atoms with van der Waals surface area (Å²) in [7, 11) is 1.96. The van der Waals surface area contributed by atoms with Crippen molar-refractivity contribution in [2.45, 2.75) is 27.1 Å². The van der Waals surface area contributed by atoms with Gasteiger partial charge in [-0.1, -0.05) is 29.8 Å². The maximum atomic E-state index is 13.0. The lowest BCUT2D eigenvalue weighted by molar-refractivity contribution is 0.242. The SMILES string of the molecule is Cc1ccc(-n2nnn(CN(C)Cc3ccc(F)cc3)c2=S)c(C)c1. The summed E-state index contributed by atoms with van der Waals surface area (Å²) in [4.78, 5) is 2.05. The molecular weight excluding hydrogens is 337 g/mol. The molecule has 0 atom stereocenters. The van der Waals surface area contributed by atoms with Gasteiger partial charge in [0.15, 0.2) is 0 Å². The molecular formula is C18H20FN5S. The van der Waals surface area contributed by atoms with E-state index < -0.39 is 0 Å². The van der Waals surface area contributed by atoms with Gasteiger partial charge in [0.05, 0.1) is 12.4 Å². The molecule has 0 aliphatic carbocycles. The van der Waals surface area contributed by atoms with Crippen LogP contribution >= 0.6 is 12.2 Å². The summed E-state index contributed by atoms with van der Waals surface area (Å²) in [6.07, 6.45) is 0. The lowest BCUT2D eigenvalue weighted by Gasteiger charge is -2.16. The van der Waals surface area contributed by atoms with E-state index in [4.69, 9.17) is 12.2 Å². The molecule has 0 aliphatic rings. The Bertz CT molecular complexity index is 929. The number of halogens is 1. The van der Waals surface area contributed by atoms with E-state index in [0.717, 1.165) is 16.8 Å². The Labute approximate surface area is 151 Å². The van der Waals surface area contributed by atoms with Gasteiger partial charge in [-0.25, -0.2) is 9.07 Å². The van der Waals surface area contributed by atoms with Crippen LogP contribution in [0.4, 0.5) is 4.39 Å². The first-order valence-corrected chi connectivity index (χ1v) is 8.38. The van der Waals surface area contributed by atoms with Gasteiger partial charge in [-0.15, -0.1) is 0 Å². The minimum absolute atomic E-state index is 0.231. The second kappa shape index (κ2) is 7.25. The van der Waals surface area contributed by atoms with Gasteiger partial charge in [0.25, 0.3) is 0 Å². The van der Waals surface area contributed by atoms with Crippen LogP contribution in [-0.4, -0.2) is 31.7 Å². The molecule has 0 saturated heterocycles. The van der Waals surface area contributed by atoms with Gasteiger partial charge in [-0.2, -0.15) is 4.68 Å². The molecule has 0 spiro atoms. The molecule has 3 aromatic rings. The van der Waals surface area contributed by atoms with E-state index in [1.165, 1.54) is 17.7 Å². The first kappa shape index (κ1) is 17.4. The lowest BCUT2D eigenvalue weighted by Crippen LogP contribution is -2.22. The van der Waals surface area contributed by atoms with Crippen LogP contribution in [-0.2, 0) is 13.2 Å². The Morgan fingerprint density at radius 1 is 1.08 bits per heavy atom. The van der Waals surface area contributed by atoms with Gasteiger partial charge in [0.2, 0.25) is 4.77 Å². The molecule has 0 unspecified atom stereocenters. The summed E-state index contributed by atoms with van der Waals surface area (Å²) in [6, 6.07) is 12.6. The van der Waals surface area contributed by atoms with Crippen LogP contribution in [0.2, 0.25) is 0 Å². The molecule has 3 rings (SSSR count). The first-order valence-electron chi connectivity index (χ1n) is 7.97. The standard InChI is InChI=1S/C18H20FN5S/c1-13-4-9-17(14(2)10-13)24-18(25)23(20-21-24)12-22(3)11-15-5-7-16(19)8-6-15/h4-10H,11-12H2,1-3H3. The topological polar surface area (TPSA) is 38.9 Å². The van der Waals surface area contributed by atoms with Gasteiger partial charge in [0, 0.05) is 6.54 Å². The molecule has 0 radical (unpaired) electrons. The van der Waals surface area contributed by atoms with Crippen LogP contribution in [0.3, 0.4) is 0 Å². The number of hydrogen-bond acceptors (Lipinski definition) is 4. The fourth-order valence-corrected chi connectivity index (χ4v) is 2.97. The third kappa shape index (κ3) is 4.00. The summed E-state index contributed by atoms with van der Waals surface area (Å²) in [5.74, 6) is -0.231. The second-order valence-electron chi connectivity index (χ2n) is 6.24. The number of aryl methyl sites for hydroxylation is 2. The molecule has 0 fully saturated rings. The zero-order valence-corrected chi connectivity index (χ0v) is 15.3. The van der Waals surface area contributed by atoms with Crippen molar-refractivity contribution in [3.63, 3.8) is 0 Å². The van der Waals surface area contributed by atoms with Gasteiger partial charge in [-0.3, -0.25) is 4.90 Å². The van der Waals surface area contributed by atoms with Gasteiger partial charge in [-0.05, 0) is 72.9 Å². The highest BCUT2D eigenvalue weighted by Crippen LogP contribution is 2.15. The summed E-state index contributed by atoms with van der Waals surface area (Å²) >= 11 is 5.52. The zero-order valence-electron chi connectivity index (χ0n) is 14.5. The second-order valence-corrected chi connectivity index (χ2v) is 6.61. The van der Waals surface area contributed by atoms with E-state index in [0.29, 0.717) is 18.0 Å². The third-order valence-corrected chi connectivity index (χ3v) is 4.34. The van der Waals surface area contributed by atoms with Gasteiger partial charge >= 0.3 is 0 Å². The molecule has 0 saturated carbocycles. The first-order chi connectivity index (χ1) is 11.9. The van der Waals surface area contributed by atoms with Crippen molar-refractivity contribution in [3.8, 4) is 5.69 Å². The summed E-state index contributed by atoms with van der Waals surface area (Å²) in [5, 5.41) is 8.37. The molecule has 1 aromatic heterocycles. The Kier molecular flexibility index (Phi) is 5.06. The van der Waals surface area contributed by atoms with Crippen molar-refractivity contribution in [1.29, 1.82) is 0 Å². The number of hydrogen-bond donors (Lipinski definition) is 0. The molecule has 130 valence electrons. The van der Waals surface area contributed by atoms with Crippen molar-refractivity contribution in [3.05, 3.63) is 69.7 Å². The van der Waals surface area contributed by atoms with Crippen LogP contribution in [0.15, 0.2) is 42.5 Å². The van der Waals surface area contributed by atoms with E-state index in [9.17, 15) is 4.39 Å². The van der Waals surface area contributed by atoms with Gasteiger partial charge in [0.1, 0.15) is 5.82 Å². The molecule has 5 nitrogen and oxygen atoms in total. The van der Waals surface area contributed by atoms with Gasteiger partial charge < -0.3 is 0 Å². The van der Waals surface area contributed by atoms with Crippen LogP contribution in [0.25, 0.3) is 5.69 Å². The summed E-state index contributed by atoms with van der Waals surface area (Å²) in [5.41, 5.74) is 4.25. The number of benzene rings is 2. The van der Waals surface area contributed by atoms with Crippen molar-refractivity contribution < 1.29 is 4.39 Å². The van der Waals surface area contributed by atoms with Crippen LogP contribution < -0.4 is 0 Å². The van der Waals surface area contributed by atoms with Crippen molar-refractivity contribution in [1.82, 2.24) is 24.7 Å². The largest absolute Gasteiger partial charge is 0.283 e. The van der Waals surface area contributed by atoms with Crippen LogP contribution in [0, 0.1) is 24.4 Å². The summed E-state index contributed by atoms with van der Waals surface area (Å²) < 4.78 is 16.9. The molecule has 1 heterocycles. The lowest BCUT2D eigenvalue weighted by atomic mass is 10.1. The zero-order chi connectivity index (χ0) is 18.0. The highest BCUT2D eigenvalue weighted by molar-refractivity contribution is 7.71. The minimum Gasteiger partial charge on any atom is -0.283 e. The average Bonchev–Trinajstić information content (AvgIpc) is 2.91. The van der Waals surface area contributed by atoms with Crippen LogP contribution in [0.5, 0.6) is 0 Å². The number of aromatic nitrogens is 4. The smallest absolute Gasteiger partial charge is 0.221 e. The van der Waals surface area contributed by atoms with E-state index in [2.05, 4.69) is 23.4 Å². The molecule has 0 amide bonds. The number of rotatable bonds is 5. The van der Waals surface area contributed by atoms with Crippen molar-refractivity contribution in [2.75, 3.05) is 7.05 Å². The maximum Gasteiger partial charge on any atom is 0.221 e. The molecule has 7 heteroatoms. The maximum absolute atomic E-state index is 13.0. The van der Waals surface area contributed by atoms with E-state index in [-0.39, 0.29) is 5.82 Å². The molecule has 0 N–H and O–H groups in total. The average molecular weight is 357 g/mol. The monoisotopic (exact) mass is 357 g/mol. The van der Waals surface area contributed by atoms with E-state index in [1.807, 2.05) is 31.0 Å². The molecule has 25 heavy (non-hydrogen) atoms. The van der Waals surface area contributed by atoms with E-state index >= 15 is 0 Å². The fourth-order valence-electron chi connectivity index (χ4n) is 2.74. The van der Waals surface area contributed by atoms with Crippen molar-refractivity contribution in [2.24, 2.45) is 0 Å². The van der Waals surface area contributed by atoms with E-state index in [1.54, 1.807) is 21.5 Å². The Morgan fingerprint density at radius 3 is 2.48 bits per heavy atom. The highest BCUT2D eigenvalue weighted by atomic mass is 32.1. The minimum atomic E-state index is -0.231. The summed E-state index contributed by atoms with van der Waals surface area (Å²) in [6.45, 7) is 5.25. The predicted molar refractivity (Wildman–Crippen MR) is 97.5 cm³/mol. The normalized spacial score (nSPS) is 11.2. The number of tetrazole rings is 1. The molecule has 0 aliphatic heterocycles. The Hall–Kier alpha value is -2.38. The molecule has 2 aromatic carbocycles. The predicted octanol–water partition coefficient (Wildman–Crippen LogP) is 3.64. The number of nitrogens with zero attached hydrogens (tertiary/aromatic N) is 5. The Balaban J connectivity index is 1.77. The van der Waals surface area contributed by atoms with Crippen molar-refractivity contribution >= 4 is 12.2 Å². The quantitative estimate of drug-likeness (QED) is 0.654. The third-order valence-electron chi connectivity index (χ3n) is 3.96. The highest BCUT2D eigenvalue weighted by Gasteiger charge is 2.10. The Morgan fingerprint density at radius 2 is 1.80 bits per heavy atom. The van der Waals surface area contributed by atoms with Crippen LogP contribution in [0.1, 0.15) is 16.7 Å².